The quantitative estimate of drug-likeness (QED) is 0.841. The smallest absolute Gasteiger partial charge is 0.248 e. The van der Waals surface area contributed by atoms with Gasteiger partial charge in [0.1, 0.15) is 11.4 Å². The van der Waals surface area contributed by atoms with Crippen molar-refractivity contribution in [2.45, 2.75) is 0 Å². The Labute approximate surface area is 119 Å². The third-order valence-electron chi connectivity index (χ3n) is 3.44. The third kappa shape index (κ3) is 1.69. The number of primary amides is 1. The molecule has 0 saturated carbocycles. The summed E-state index contributed by atoms with van der Waals surface area (Å²) in [4.78, 5) is 11.3. The Balaban J connectivity index is 1.94. The van der Waals surface area contributed by atoms with Crippen LogP contribution in [0, 0.1) is 0 Å². The van der Waals surface area contributed by atoms with Crippen LogP contribution in [0.5, 0.6) is 0 Å². The zero-order valence-corrected chi connectivity index (χ0v) is 10.8. The first-order valence-electron chi connectivity index (χ1n) is 6.35. The summed E-state index contributed by atoms with van der Waals surface area (Å²) < 4.78 is 0. The highest BCUT2D eigenvalue weighted by molar-refractivity contribution is 6.00. The molecule has 0 spiro atoms. The van der Waals surface area contributed by atoms with E-state index < -0.39 is 5.91 Å². The molecule has 6 heteroatoms. The molecule has 0 radical (unpaired) electrons. The topological polar surface area (TPSA) is 92.5 Å². The normalized spacial score (nSPS) is 17.9. The molecule has 4 rings (SSSR count). The second-order valence-corrected chi connectivity index (χ2v) is 4.71. The van der Waals surface area contributed by atoms with Crippen molar-refractivity contribution in [2.24, 2.45) is 26.2 Å². The molecule has 2 aromatic rings. The molecule has 6 nitrogen and oxygen atoms in total. The number of rotatable bonds is 1. The van der Waals surface area contributed by atoms with Crippen molar-refractivity contribution in [3.8, 4) is 0 Å². The van der Waals surface area contributed by atoms with Gasteiger partial charge in [-0.1, -0.05) is 18.2 Å². The van der Waals surface area contributed by atoms with Gasteiger partial charge in [0.25, 0.3) is 0 Å². The Bertz CT molecular complexity index is 879. The number of nitrogens with two attached hydrogens (primary N) is 1. The largest absolute Gasteiger partial charge is 0.366 e. The van der Waals surface area contributed by atoms with Crippen molar-refractivity contribution in [1.82, 2.24) is 0 Å². The Morgan fingerprint density at radius 2 is 1.48 bits per heavy atom. The highest BCUT2D eigenvalue weighted by Crippen LogP contribution is 2.44. The van der Waals surface area contributed by atoms with Crippen LogP contribution < -0.4 is 5.73 Å². The average Bonchev–Trinajstić information content (AvgIpc) is 3.09. The van der Waals surface area contributed by atoms with Crippen molar-refractivity contribution < 1.29 is 4.79 Å². The average molecular weight is 275 g/mol. The lowest BCUT2D eigenvalue weighted by atomic mass is 10.0. The number of amides is 1. The number of carbonyl (C=O) groups excluding carboxylic acids is 1. The molecule has 2 N–H and O–H groups in total. The van der Waals surface area contributed by atoms with Crippen LogP contribution in [-0.2, 0) is 0 Å². The van der Waals surface area contributed by atoms with Crippen molar-refractivity contribution in [1.29, 1.82) is 0 Å². The van der Waals surface area contributed by atoms with E-state index in [1.165, 1.54) is 0 Å². The highest BCUT2D eigenvalue weighted by Gasteiger charge is 2.24. The van der Waals surface area contributed by atoms with E-state index >= 15 is 0 Å². The van der Waals surface area contributed by atoms with E-state index in [2.05, 4.69) is 20.5 Å². The number of carbonyl (C=O) groups is 1. The molecule has 0 fully saturated rings. The van der Waals surface area contributed by atoms with E-state index in [4.69, 9.17) is 5.73 Å². The maximum Gasteiger partial charge on any atom is 0.248 e. The molecule has 2 aliphatic rings. The van der Waals surface area contributed by atoms with Gasteiger partial charge in [0.2, 0.25) is 5.91 Å². The van der Waals surface area contributed by atoms with Crippen LogP contribution >= 0.6 is 0 Å². The lowest BCUT2D eigenvalue weighted by Crippen LogP contribution is -2.10. The number of nitrogens with zero attached hydrogens (tertiary/aromatic N) is 4. The fourth-order valence-electron chi connectivity index (χ4n) is 2.39. The van der Waals surface area contributed by atoms with Gasteiger partial charge in [-0.3, -0.25) is 4.79 Å². The maximum absolute atomic E-state index is 11.3. The van der Waals surface area contributed by atoms with Crippen molar-refractivity contribution in [3.63, 3.8) is 0 Å². The second kappa shape index (κ2) is 4.17. The summed E-state index contributed by atoms with van der Waals surface area (Å²) in [7, 11) is 0. The minimum absolute atomic E-state index is 0.419. The minimum atomic E-state index is -0.484. The summed E-state index contributed by atoms with van der Waals surface area (Å²) in [6.07, 6.45) is 0. The van der Waals surface area contributed by atoms with Crippen LogP contribution in [-0.4, -0.2) is 5.91 Å². The number of hydrogen-bond acceptors (Lipinski definition) is 5. The van der Waals surface area contributed by atoms with Crippen LogP contribution in [0.25, 0.3) is 11.4 Å². The number of benzene rings is 2. The van der Waals surface area contributed by atoms with E-state index in [1.54, 1.807) is 18.2 Å². The van der Waals surface area contributed by atoms with E-state index in [-0.39, 0.29) is 0 Å². The highest BCUT2D eigenvalue weighted by atomic mass is 16.1. The summed E-state index contributed by atoms with van der Waals surface area (Å²) in [5, 5.41) is 16.6. The molecular formula is C15H9N5O. The minimum Gasteiger partial charge on any atom is -0.366 e. The molecule has 100 valence electrons. The first kappa shape index (κ1) is 11.7. The first-order chi connectivity index (χ1) is 10.2. The van der Waals surface area contributed by atoms with Gasteiger partial charge in [-0.25, -0.2) is 0 Å². The van der Waals surface area contributed by atoms with E-state index in [0.29, 0.717) is 22.6 Å². The van der Waals surface area contributed by atoms with Crippen LogP contribution in [0.1, 0.15) is 21.5 Å². The van der Waals surface area contributed by atoms with Gasteiger partial charge in [0, 0.05) is 16.7 Å². The van der Waals surface area contributed by atoms with Crippen LogP contribution in [0.4, 0.5) is 11.4 Å². The Kier molecular flexibility index (Phi) is 2.32. The van der Waals surface area contributed by atoms with Crippen LogP contribution in [0.2, 0.25) is 0 Å². The molecule has 21 heavy (non-hydrogen) atoms. The molecule has 0 atom stereocenters. The summed E-state index contributed by atoms with van der Waals surface area (Å²) in [6, 6.07) is 12.7. The molecule has 2 heterocycles. The van der Waals surface area contributed by atoms with Gasteiger partial charge in [0.05, 0.1) is 11.4 Å². The summed E-state index contributed by atoms with van der Waals surface area (Å²) >= 11 is 0. The predicted octanol–water partition coefficient (Wildman–Crippen LogP) is 3.81. The maximum atomic E-state index is 11.3. The first-order valence-corrected chi connectivity index (χ1v) is 6.35. The second-order valence-electron chi connectivity index (χ2n) is 4.71. The SMILES string of the molecule is NC(=O)c1ccc2c(c1)C(=C1N=Nc3ccccc31)N=N2. The summed E-state index contributed by atoms with van der Waals surface area (Å²) in [6.45, 7) is 0. The molecule has 2 aromatic carbocycles. The Hall–Kier alpha value is -3.15. The van der Waals surface area contributed by atoms with E-state index in [1.807, 2.05) is 24.3 Å². The standard InChI is InChI=1S/C15H9N5O/c16-15(21)8-5-6-12-10(7-8)14(20-18-12)13-9-3-1-2-4-11(9)17-19-13/h1-7H,(H2,16,21). The molecule has 0 bridgehead atoms. The fraction of sp³-hybridized carbons (Fsp3) is 0. The summed E-state index contributed by atoms with van der Waals surface area (Å²) in [5.74, 6) is -0.484. The molecule has 1 amide bonds. The molecule has 0 aromatic heterocycles. The van der Waals surface area contributed by atoms with Gasteiger partial charge >= 0.3 is 0 Å². The lowest BCUT2D eigenvalue weighted by Gasteiger charge is -2.03. The van der Waals surface area contributed by atoms with Crippen molar-refractivity contribution in [3.05, 3.63) is 59.2 Å². The van der Waals surface area contributed by atoms with Gasteiger partial charge in [-0.2, -0.15) is 0 Å². The monoisotopic (exact) mass is 275 g/mol. The van der Waals surface area contributed by atoms with Crippen molar-refractivity contribution in [2.75, 3.05) is 0 Å². The molecule has 0 aliphatic carbocycles. The fourth-order valence-corrected chi connectivity index (χ4v) is 2.39. The molecule has 0 unspecified atom stereocenters. The van der Waals surface area contributed by atoms with Crippen LogP contribution in [0.3, 0.4) is 0 Å². The zero-order valence-electron chi connectivity index (χ0n) is 10.8. The van der Waals surface area contributed by atoms with Crippen LogP contribution in [0.15, 0.2) is 62.9 Å². The summed E-state index contributed by atoms with van der Waals surface area (Å²) in [5.41, 5.74) is 10.2. The van der Waals surface area contributed by atoms with Gasteiger partial charge < -0.3 is 5.73 Å². The van der Waals surface area contributed by atoms with E-state index in [0.717, 1.165) is 16.8 Å². The van der Waals surface area contributed by atoms with Gasteiger partial charge in [0.15, 0.2) is 0 Å². The number of hydrogen-bond donors (Lipinski definition) is 1. The van der Waals surface area contributed by atoms with E-state index in [9.17, 15) is 4.79 Å². The Morgan fingerprint density at radius 3 is 2.24 bits per heavy atom. The molecular weight excluding hydrogens is 266 g/mol. The zero-order chi connectivity index (χ0) is 14.4. The molecule has 2 aliphatic heterocycles. The third-order valence-corrected chi connectivity index (χ3v) is 3.44. The van der Waals surface area contributed by atoms with Crippen molar-refractivity contribution >= 4 is 28.7 Å². The lowest BCUT2D eigenvalue weighted by molar-refractivity contribution is 0.100. The molecule has 0 saturated heterocycles. The Morgan fingerprint density at radius 1 is 0.810 bits per heavy atom. The number of azo groups is 2. The number of fused-ring (bicyclic) bond motifs is 2. The predicted molar refractivity (Wildman–Crippen MR) is 77.2 cm³/mol. The van der Waals surface area contributed by atoms with Gasteiger partial charge in [-0.15, -0.1) is 20.5 Å². The van der Waals surface area contributed by atoms with Gasteiger partial charge in [-0.05, 0) is 24.3 Å².